The molecule has 36 heavy (non-hydrogen) atoms. The van der Waals surface area contributed by atoms with Gasteiger partial charge in [-0.15, -0.1) is 5.10 Å². The van der Waals surface area contributed by atoms with Gasteiger partial charge in [0.1, 0.15) is 6.04 Å². The van der Waals surface area contributed by atoms with Crippen LogP contribution in [0.15, 0.2) is 53.3 Å². The molecule has 1 atom stereocenters. The zero-order chi connectivity index (χ0) is 25.9. The molecule has 0 aliphatic rings. The summed E-state index contributed by atoms with van der Waals surface area (Å²) in [5.41, 5.74) is 1.84. The van der Waals surface area contributed by atoms with E-state index >= 15 is 0 Å². The third-order valence-corrected chi connectivity index (χ3v) is 6.85. The lowest BCUT2D eigenvalue weighted by atomic mass is 9.98. The number of hydrogen-bond donors (Lipinski definition) is 1. The Morgan fingerprint density at radius 1 is 1.06 bits per heavy atom. The molecule has 0 aliphatic heterocycles. The molecule has 4 rings (SSSR count). The number of H-pyrrole nitrogens is 1. The van der Waals surface area contributed by atoms with Gasteiger partial charge in [0.15, 0.2) is 17.3 Å². The van der Waals surface area contributed by atoms with Crippen LogP contribution in [0, 0.1) is 0 Å². The highest BCUT2D eigenvalue weighted by Gasteiger charge is 2.34. The first-order valence-electron chi connectivity index (χ1n) is 12.2. The van der Waals surface area contributed by atoms with Gasteiger partial charge >= 0.3 is 0 Å². The number of pyridine rings is 1. The van der Waals surface area contributed by atoms with Gasteiger partial charge in [-0.3, -0.25) is 9.69 Å². The zero-order valence-electron chi connectivity index (χ0n) is 21.8. The molecule has 0 amide bonds. The van der Waals surface area contributed by atoms with Crippen molar-refractivity contribution >= 4 is 10.9 Å². The van der Waals surface area contributed by atoms with E-state index in [9.17, 15) is 4.79 Å². The number of benzene rings is 2. The van der Waals surface area contributed by atoms with Crippen LogP contribution in [0.3, 0.4) is 0 Å². The molecule has 0 unspecified atom stereocenters. The summed E-state index contributed by atoms with van der Waals surface area (Å²) in [6, 6.07) is 15.3. The summed E-state index contributed by atoms with van der Waals surface area (Å²) in [5, 5.41) is 13.7. The van der Waals surface area contributed by atoms with Crippen molar-refractivity contribution in [3.8, 4) is 11.5 Å². The van der Waals surface area contributed by atoms with Gasteiger partial charge in [-0.05, 0) is 54.9 Å². The van der Waals surface area contributed by atoms with E-state index in [1.807, 2.05) is 35.0 Å². The first kappa shape index (κ1) is 25.4. The lowest BCUT2D eigenvalue weighted by molar-refractivity contribution is 0.197. The van der Waals surface area contributed by atoms with E-state index in [4.69, 9.17) is 9.47 Å². The lowest BCUT2D eigenvalue weighted by Gasteiger charge is -2.33. The fraction of sp³-hybridized carbons (Fsp3) is 0.407. The van der Waals surface area contributed by atoms with E-state index in [0.717, 1.165) is 17.4 Å². The summed E-state index contributed by atoms with van der Waals surface area (Å²) in [4.78, 5) is 18.9. The SMILES string of the molecule is CCN(Cc1ccccc1)[C@@H](c1cc2cc(OC)c(OC)cc2[nH]c1=O)c1nnnn1C(C)(C)CC. The predicted molar refractivity (Wildman–Crippen MR) is 139 cm³/mol. The normalized spacial score (nSPS) is 12.8. The molecule has 0 radical (unpaired) electrons. The van der Waals surface area contributed by atoms with Crippen molar-refractivity contribution in [1.29, 1.82) is 0 Å². The van der Waals surface area contributed by atoms with E-state index in [1.54, 1.807) is 20.3 Å². The minimum Gasteiger partial charge on any atom is -0.493 e. The Hall–Kier alpha value is -3.72. The minimum absolute atomic E-state index is 0.199. The van der Waals surface area contributed by atoms with E-state index in [-0.39, 0.29) is 11.1 Å². The molecule has 1 N–H and O–H groups in total. The Balaban J connectivity index is 1.94. The second-order valence-electron chi connectivity index (χ2n) is 9.41. The van der Waals surface area contributed by atoms with Crippen LogP contribution in [0.5, 0.6) is 11.5 Å². The molecule has 2 aromatic heterocycles. The van der Waals surface area contributed by atoms with Crippen LogP contribution in [0.4, 0.5) is 0 Å². The number of hydrogen-bond acceptors (Lipinski definition) is 7. The van der Waals surface area contributed by atoms with Gasteiger partial charge in [0, 0.05) is 23.6 Å². The Morgan fingerprint density at radius 3 is 2.39 bits per heavy atom. The molecular weight excluding hydrogens is 456 g/mol. The molecule has 0 fully saturated rings. The molecule has 0 aliphatic carbocycles. The van der Waals surface area contributed by atoms with Crippen molar-refractivity contribution in [3.05, 3.63) is 75.8 Å². The number of aromatic amines is 1. The number of nitrogens with one attached hydrogen (secondary N) is 1. The summed E-state index contributed by atoms with van der Waals surface area (Å²) in [6.07, 6.45) is 0.827. The van der Waals surface area contributed by atoms with E-state index in [2.05, 4.69) is 65.2 Å². The molecular formula is C27H34N6O3. The first-order chi connectivity index (χ1) is 17.3. The Morgan fingerprint density at radius 2 is 1.75 bits per heavy atom. The van der Waals surface area contributed by atoms with Crippen molar-refractivity contribution in [2.45, 2.75) is 52.2 Å². The number of ether oxygens (including phenoxy) is 2. The van der Waals surface area contributed by atoms with E-state index < -0.39 is 6.04 Å². The Kier molecular flexibility index (Phi) is 7.40. The molecule has 4 aromatic rings. The van der Waals surface area contributed by atoms with Crippen LogP contribution >= 0.6 is 0 Å². The van der Waals surface area contributed by atoms with Crippen molar-refractivity contribution in [2.75, 3.05) is 20.8 Å². The summed E-state index contributed by atoms with van der Waals surface area (Å²) < 4.78 is 12.8. The molecule has 2 aromatic carbocycles. The maximum absolute atomic E-state index is 13.6. The number of methoxy groups -OCH3 is 2. The minimum atomic E-state index is -0.475. The third-order valence-electron chi connectivity index (χ3n) is 6.85. The summed E-state index contributed by atoms with van der Waals surface area (Å²) in [6.45, 7) is 9.69. The largest absolute Gasteiger partial charge is 0.493 e. The molecule has 190 valence electrons. The molecule has 9 heteroatoms. The standard InChI is InChI=1S/C27H34N6O3/c1-7-27(3,4)33-25(29-30-31-33)24(32(8-2)17-18-12-10-9-11-13-18)20-14-19-15-22(35-5)23(36-6)16-21(19)28-26(20)34/h9-16,24H,7-8,17H2,1-6H3,(H,28,34)/t24-/m0/s1. The highest BCUT2D eigenvalue weighted by molar-refractivity contribution is 5.83. The van der Waals surface area contributed by atoms with Gasteiger partial charge in [0.2, 0.25) is 0 Å². The number of aromatic nitrogens is 5. The second kappa shape index (κ2) is 10.5. The van der Waals surface area contributed by atoms with Crippen molar-refractivity contribution in [3.63, 3.8) is 0 Å². The maximum atomic E-state index is 13.6. The monoisotopic (exact) mass is 490 g/mol. The van der Waals surface area contributed by atoms with Gasteiger partial charge in [0.05, 0.1) is 25.3 Å². The Labute approximate surface area is 211 Å². The van der Waals surface area contributed by atoms with Crippen LogP contribution in [0.1, 0.15) is 57.1 Å². The van der Waals surface area contributed by atoms with Crippen LogP contribution in [0.2, 0.25) is 0 Å². The van der Waals surface area contributed by atoms with E-state index in [0.29, 0.717) is 41.5 Å². The smallest absolute Gasteiger partial charge is 0.253 e. The number of fused-ring (bicyclic) bond motifs is 1. The van der Waals surface area contributed by atoms with Crippen LogP contribution in [-0.4, -0.2) is 50.9 Å². The van der Waals surface area contributed by atoms with E-state index in [1.165, 1.54) is 0 Å². The maximum Gasteiger partial charge on any atom is 0.253 e. The number of rotatable bonds is 10. The van der Waals surface area contributed by atoms with Crippen LogP contribution < -0.4 is 15.0 Å². The van der Waals surface area contributed by atoms with Gasteiger partial charge in [-0.25, -0.2) is 4.68 Å². The zero-order valence-corrected chi connectivity index (χ0v) is 21.8. The summed E-state index contributed by atoms with van der Waals surface area (Å²) >= 11 is 0. The Bertz CT molecular complexity index is 1380. The molecule has 9 nitrogen and oxygen atoms in total. The molecule has 2 heterocycles. The van der Waals surface area contributed by atoms with Gasteiger partial charge in [-0.2, -0.15) is 0 Å². The second-order valence-corrected chi connectivity index (χ2v) is 9.41. The first-order valence-corrected chi connectivity index (χ1v) is 12.2. The quantitative estimate of drug-likeness (QED) is 0.354. The van der Waals surface area contributed by atoms with Gasteiger partial charge < -0.3 is 14.5 Å². The molecule has 0 spiro atoms. The van der Waals surface area contributed by atoms with Crippen molar-refractivity contribution in [1.82, 2.24) is 30.1 Å². The van der Waals surface area contributed by atoms with Gasteiger partial charge in [-0.1, -0.05) is 44.2 Å². The van der Waals surface area contributed by atoms with Gasteiger partial charge in [0.25, 0.3) is 5.56 Å². The lowest BCUT2D eigenvalue weighted by Crippen LogP contribution is -2.38. The number of tetrazole rings is 1. The molecule has 0 saturated heterocycles. The fourth-order valence-electron chi connectivity index (χ4n) is 4.40. The molecule has 0 bridgehead atoms. The number of nitrogens with zero attached hydrogens (tertiary/aromatic N) is 5. The highest BCUT2D eigenvalue weighted by atomic mass is 16.5. The predicted octanol–water partition coefficient (Wildman–Crippen LogP) is 4.29. The average Bonchev–Trinajstić information content (AvgIpc) is 3.39. The topological polar surface area (TPSA) is 98.2 Å². The third kappa shape index (κ3) is 4.83. The summed E-state index contributed by atoms with van der Waals surface area (Å²) in [7, 11) is 3.17. The van der Waals surface area contributed by atoms with Crippen molar-refractivity contribution < 1.29 is 9.47 Å². The summed E-state index contributed by atoms with van der Waals surface area (Å²) in [5.74, 6) is 1.77. The highest BCUT2D eigenvalue weighted by Crippen LogP contribution is 2.34. The van der Waals surface area contributed by atoms with Crippen molar-refractivity contribution in [2.24, 2.45) is 0 Å². The van der Waals surface area contributed by atoms with Crippen LogP contribution in [0.25, 0.3) is 10.9 Å². The fourth-order valence-corrected chi connectivity index (χ4v) is 4.40. The van der Waals surface area contributed by atoms with Crippen LogP contribution in [-0.2, 0) is 12.1 Å². The molecule has 0 saturated carbocycles. The average molecular weight is 491 g/mol.